The van der Waals surface area contributed by atoms with Gasteiger partial charge in [0, 0.05) is 22.5 Å². The standard InChI is InChI=1S/C12H16ClN3O2/c1-12(2,11(14)16-18)7-15-10(17)8-4-3-5-9(13)6-8/h3-6,18H,7H2,1-2H3,(H2,14,16)(H,15,17). The summed E-state index contributed by atoms with van der Waals surface area (Å²) < 4.78 is 0. The maximum absolute atomic E-state index is 11.8. The lowest BCUT2D eigenvalue weighted by Gasteiger charge is -2.23. The first-order chi connectivity index (χ1) is 8.36. The zero-order chi connectivity index (χ0) is 13.8. The van der Waals surface area contributed by atoms with Crippen LogP contribution in [0.2, 0.25) is 5.02 Å². The SMILES string of the molecule is CC(C)(CNC(=O)c1cccc(Cl)c1)/C(N)=N/O. The quantitative estimate of drug-likeness (QED) is 0.337. The van der Waals surface area contributed by atoms with Gasteiger partial charge in [0.05, 0.1) is 0 Å². The average molecular weight is 270 g/mol. The van der Waals surface area contributed by atoms with E-state index in [1.165, 1.54) is 0 Å². The third-order valence-electron chi connectivity index (χ3n) is 2.58. The molecule has 0 heterocycles. The Morgan fingerprint density at radius 1 is 1.56 bits per heavy atom. The van der Waals surface area contributed by atoms with Crippen LogP contribution in [0.4, 0.5) is 0 Å². The Balaban J connectivity index is 2.67. The molecule has 6 heteroatoms. The van der Waals surface area contributed by atoms with Gasteiger partial charge < -0.3 is 16.3 Å². The van der Waals surface area contributed by atoms with Crippen molar-refractivity contribution in [2.45, 2.75) is 13.8 Å². The fraction of sp³-hybridized carbons (Fsp3) is 0.333. The number of oxime groups is 1. The zero-order valence-corrected chi connectivity index (χ0v) is 11.0. The number of amidine groups is 1. The molecule has 0 fully saturated rings. The summed E-state index contributed by atoms with van der Waals surface area (Å²) in [5.74, 6) is -0.190. The Kier molecular flexibility index (Phi) is 4.55. The minimum Gasteiger partial charge on any atom is -0.409 e. The van der Waals surface area contributed by atoms with Crippen LogP contribution >= 0.6 is 11.6 Å². The minimum absolute atomic E-state index is 0.0638. The van der Waals surface area contributed by atoms with Gasteiger partial charge in [-0.15, -0.1) is 0 Å². The molecule has 1 aromatic carbocycles. The van der Waals surface area contributed by atoms with Crippen LogP contribution in [0.25, 0.3) is 0 Å². The molecular weight excluding hydrogens is 254 g/mol. The lowest BCUT2D eigenvalue weighted by molar-refractivity contribution is 0.0944. The Hall–Kier alpha value is -1.75. The van der Waals surface area contributed by atoms with Gasteiger partial charge in [0.1, 0.15) is 5.84 Å². The summed E-state index contributed by atoms with van der Waals surface area (Å²) >= 11 is 5.80. The minimum atomic E-state index is -0.622. The molecule has 18 heavy (non-hydrogen) atoms. The van der Waals surface area contributed by atoms with E-state index in [4.69, 9.17) is 22.5 Å². The van der Waals surface area contributed by atoms with Crippen LogP contribution in [-0.2, 0) is 0 Å². The van der Waals surface area contributed by atoms with Gasteiger partial charge in [-0.1, -0.05) is 36.7 Å². The van der Waals surface area contributed by atoms with Crippen LogP contribution in [0.15, 0.2) is 29.4 Å². The molecule has 0 bridgehead atoms. The number of carbonyl (C=O) groups excluding carboxylic acids is 1. The van der Waals surface area contributed by atoms with Crippen LogP contribution in [0.1, 0.15) is 24.2 Å². The van der Waals surface area contributed by atoms with Gasteiger partial charge in [-0.2, -0.15) is 0 Å². The van der Waals surface area contributed by atoms with E-state index in [-0.39, 0.29) is 18.3 Å². The molecule has 4 N–H and O–H groups in total. The number of hydrogen-bond donors (Lipinski definition) is 3. The van der Waals surface area contributed by atoms with E-state index >= 15 is 0 Å². The van der Waals surface area contributed by atoms with E-state index in [0.717, 1.165) is 0 Å². The lowest BCUT2D eigenvalue weighted by atomic mass is 9.92. The van der Waals surface area contributed by atoms with Crippen molar-refractivity contribution in [2.75, 3.05) is 6.54 Å². The lowest BCUT2D eigenvalue weighted by Crippen LogP contribution is -2.42. The van der Waals surface area contributed by atoms with Crippen molar-refractivity contribution in [3.05, 3.63) is 34.9 Å². The number of benzene rings is 1. The second kappa shape index (κ2) is 5.73. The van der Waals surface area contributed by atoms with Crippen molar-refractivity contribution in [1.82, 2.24) is 5.32 Å². The number of nitrogens with zero attached hydrogens (tertiary/aromatic N) is 1. The van der Waals surface area contributed by atoms with Crippen molar-refractivity contribution >= 4 is 23.3 Å². The maximum atomic E-state index is 11.8. The molecule has 98 valence electrons. The highest BCUT2D eigenvalue weighted by Crippen LogP contribution is 2.14. The van der Waals surface area contributed by atoms with Crippen molar-refractivity contribution in [1.29, 1.82) is 0 Å². The molecule has 0 aromatic heterocycles. The summed E-state index contributed by atoms with van der Waals surface area (Å²) in [6.07, 6.45) is 0. The molecule has 0 aliphatic heterocycles. The second-order valence-corrected chi connectivity index (χ2v) is 5.00. The number of carbonyl (C=O) groups is 1. The average Bonchev–Trinajstić information content (AvgIpc) is 2.35. The summed E-state index contributed by atoms with van der Waals surface area (Å²) in [4.78, 5) is 11.8. The first kappa shape index (κ1) is 14.3. The van der Waals surface area contributed by atoms with Gasteiger partial charge in [-0.25, -0.2) is 0 Å². The third-order valence-corrected chi connectivity index (χ3v) is 2.81. The number of nitrogens with two attached hydrogens (primary N) is 1. The molecule has 1 aromatic rings. The molecule has 0 radical (unpaired) electrons. The Labute approximate surface area is 111 Å². The smallest absolute Gasteiger partial charge is 0.251 e. The topological polar surface area (TPSA) is 87.7 Å². The highest BCUT2D eigenvalue weighted by atomic mass is 35.5. The van der Waals surface area contributed by atoms with Gasteiger partial charge in [0.25, 0.3) is 5.91 Å². The molecule has 0 aliphatic carbocycles. The number of rotatable bonds is 4. The number of nitrogens with one attached hydrogen (secondary N) is 1. The summed E-state index contributed by atoms with van der Waals surface area (Å²) in [5, 5.41) is 14.8. The Morgan fingerprint density at radius 3 is 2.78 bits per heavy atom. The molecule has 1 rings (SSSR count). The molecule has 0 saturated carbocycles. The summed E-state index contributed by atoms with van der Waals surface area (Å²) in [6, 6.07) is 6.63. The number of amides is 1. The third kappa shape index (κ3) is 3.63. The largest absolute Gasteiger partial charge is 0.409 e. The van der Waals surface area contributed by atoms with Crippen LogP contribution in [0.5, 0.6) is 0 Å². The molecule has 0 atom stereocenters. The normalized spacial score (nSPS) is 12.3. The van der Waals surface area contributed by atoms with E-state index in [1.807, 2.05) is 0 Å². The summed E-state index contributed by atoms with van der Waals surface area (Å²) in [5.41, 5.74) is 5.38. The van der Waals surface area contributed by atoms with Crippen molar-refractivity contribution in [2.24, 2.45) is 16.3 Å². The highest BCUT2D eigenvalue weighted by Gasteiger charge is 2.24. The number of halogens is 1. The highest BCUT2D eigenvalue weighted by molar-refractivity contribution is 6.30. The molecule has 0 saturated heterocycles. The van der Waals surface area contributed by atoms with Crippen molar-refractivity contribution in [3.8, 4) is 0 Å². The van der Waals surface area contributed by atoms with E-state index < -0.39 is 5.41 Å². The van der Waals surface area contributed by atoms with Crippen molar-refractivity contribution in [3.63, 3.8) is 0 Å². The van der Waals surface area contributed by atoms with E-state index in [9.17, 15) is 4.79 Å². The summed E-state index contributed by atoms with van der Waals surface area (Å²) in [7, 11) is 0. The van der Waals surface area contributed by atoms with Gasteiger partial charge in [-0.3, -0.25) is 4.79 Å². The van der Waals surface area contributed by atoms with Crippen LogP contribution in [0, 0.1) is 5.41 Å². The Morgan fingerprint density at radius 2 is 2.22 bits per heavy atom. The first-order valence-corrected chi connectivity index (χ1v) is 5.76. The fourth-order valence-electron chi connectivity index (χ4n) is 1.26. The number of hydrogen-bond acceptors (Lipinski definition) is 3. The predicted octanol–water partition coefficient (Wildman–Crippen LogP) is 1.84. The first-order valence-electron chi connectivity index (χ1n) is 5.38. The van der Waals surface area contributed by atoms with E-state index in [1.54, 1.807) is 38.1 Å². The van der Waals surface area contributed by atoms with Gasteiger partial charge in [0.15, 0.2) is 0 Å². The van der Waals surface area contributed by atoms with Gasteiger partial charge >= 0.3 is 0 Å². The fourth-order valence-corrected chi connectivity index (χ4v) is 1.45. The van der Waals surface area contributed by atoms with Crippen LogP contribution in [0.3, 0.4) is 0 Å². The maximum Gasteiger partial charge on any atom is 0.251 e. The Bertz CT molecular complexity index is 472. The van der Waals surface area contributed by atoms with Gasteiger partial charge in [0.2, 0.25) is 0 Å². The zero-order valence-electron chi connectivity index (χ0n) is 10.3. The molecular formula is C12H16ClN3O2. The molecule has 5 nitrogen and oxygen atoms in total. The van der Waals surface area contributed by atoms with Crippen LogP contribution in [-0.4, -0.2) is 23.5 Å². The molecule has 0 aliphatic rings. The molecule has 1 amide bonds. The summed E-state index contributed by atoms with van der Waals surface area (Å²) in [6.45, 7) is 3.79. The van der Waals surface area contributed by atoms with Crippen LogP contribution < -0.4 is 11.1 Å². The van der Waals surface area contributed by atoms with Gasteiger partial charge in [-0.05, 0) is 18.2 Å². The monoisotopic (exact) mass is 269 g/mol. The molecule has 0 spiro atoms. The second-order valence-electron chi connectivity index (χ2n) is 4.56. The molecule has 0 unspecified atom stereocenters. The predicted molar refractivity (Wildman–Crippen MR) is 71.0 cm³/mol. The van der Waals surface area contributed by atoms with E-state index in [2.05, 4.69) is 10.5 Å². The van der Waals surface area contributed by atoms with E-state index in [0.29, 0.717) is 10.6 Å². The van der Waals surface area contributed by atoms with Crippen molar-refractivity contribution < 1.29 is 10.0 Å².